The average Bonchev–Trinajstić information content (AvgIpc) is 2.74. The van der Waals surface area contributed by atoms with E-state index in [4.69, 9.17) is 5.73 Å². The largest absolute Gasteiger partial charge is 0.366 e. The fourth-order valence-corrected chi connectivity index (χ4v) is 3.32. The molecule has 0 unspecified atom stereocenters. The van der Waals surface area contributed by atoms with Crippen molar-refractivity contribution in [2.45, 2.75) is 52.9 Å². The van der Waals surface area contributed by atoms with Crippen LogP contribution >= 0.6 is 0 Å². The zero-order valence-electron chi connectivity index (χ0n) is 18.1. The molecule has 1 aromatic heterocycles. The second kappa shape index (κ2) is 12.2. The van der Waals surface area contributed by atoms with Crippen LogP contribution in [0.25, 0.3) is 11.3 Å². The number of anilines is 1. The number of aromatic nitrogens is 2. The lowest BCUT2D eigenvalue weighted by atomic mass is 10.00. The van der Waals surface area contributed by atoms with Gasteiger partial charge < -0.3 is 16.0 Å². The molecule has 0 saturated heterocycles. The van der Waals surface area contributed by atoms with Gasteiger partial charge in [-0.3, -0.25) is 4.79 Å². The predicted octanol–water partition coefficient (Wildman–Crippen LogP) is 4.12. The van der Waals surface area contributed by atoms with Crippen molar-refractivity contribution in [2.24, 2.45) is 5.73 Å². The molecule has 0 fully saturated rings. The molecule has 0 radical (unpaired) electrons. The first-order valence-electron chi connectivity index (χ1n) is 10.8. The van der Waals surface area contributed by atoms with Gasteiger partial charge >= 0.3 is 0 Å². The van der Waals surface area contributed by atoms with E-state index in [1.807, 2.05) is 25.1 Å². The minimum atomic E-state index is -0.394. The Bertz CT molecular complexity index is 770. The van der Waals surface area contributed by atoms with Gasteiger partial charge in [-0.25, -0.2) is 9.97 Å². The molecule has 0 aliphatic carbocycles. The number of primary amides is 1. The zero-order valence-corrected chi connectivity index (χ0v) is 18.1. The highest BCUT2D eigenvalue weighted by molar-refractivity contribution is 5.95. The van der Waals surface area contributed by atoms with Gasteiger partial charge in [-0.2, -0.15) is 0 Å². The van der Waals surface area contributed by atoms with Crippen LogP contribution < -0.4 is 11.1 Å². The van der Waals surface area contributed by atoms with Crippen molar-refractivity contribution in [3.05, 3.63) is 41.6 Å². The summed E-state index contributed by atoms with van der Waals surface area (Å²) >= 11 is 0. The molecule has 6 heteroatoms. The van der Waals surface area contributed by atoms with Crippen molar-refractivity contribution in [3.63, 3.8) is 0 Å². The van der Waals surface area contributed by atoms with Crippen molar-refractivity contribution < 1.29 is 4.79 Å². The Hall–Kier alpha value is -2.47. The van der Waals surface area contributed by atoms with Crippen LogP contribution in [0.15, 0.2) is 30.5 Å². The Labute approximate surface area is 174 Å². The molecule has 2 rings (SSSR count). The molecule has 3 N–H and O–H groups in total. The van der Waals surface area contributed by atoms with E-state index in [0.29, 0.717) is 11.5 Å². The Kier molecular flexibility index (Phi) is 9.57. The minimum Gasteiger partial charge on any atom is -0.366 e. The summed E-state index contributed by atoms with van der Waals surface area (Å²) in [5.74, 6) is 0.236. The molecule has 0 atom stereocenters. The van der Waals surface area contributed by atoms with Gasteiger partial charge in [0.25, 0.3) is 0 Å². The third-order valence-electron chi connectivity index (χ3n) is 5.07. The Morgan fingerprint density at radius 2 is 1.79 bits per heavy atom. The van der Waals surface area contributed by atoms with Crippen molar-refractivity contribution in [1.29, 1.82) is 0 Å². The summed E-state index contributed by atoms with van der Waals surface area (Å²) in [6.07, 6.45) is 7.41. The van der Waals surface area contributed by atoms with Gasteiger partial charge in [0.2, 0.25) is 11.9 Å². The molecule has 1 amide bonds. The number of amides is 1. The third-order valence-corrected chi connectivity index (χ3v) is 5.07. The summed E-state index contributed by atoms with van der Waals surface area (Å²) in [6, 6.07) is 7.55. The number of aryl methyl sites for hydroxylation is 1. The molecule has 6 nitrogen and oxygen atoms in total. The average molecular weight is 398 g/mol. The molecule has 1 aromatic carbocycles. The van der Waals surface area contributed by atoms with Gasteiger partial charge in [-0.05, 0) is 56.1 Å². The van der Waals surface area contributed by atoms with Crippen molar-refractivity contribution in [3.8, 4) is 11.3 Å². The molecule has 0 bridgehead atoms. The molecule has 0 aliphatic rings. The third kappa shape index (κ3) is 7.13. The van der Waals surface area contributed by atoms with Crippen LogP contribution in [0, 0.1) is 0 Å². The molecular formula is C23H35N5O. The molecule has 0 spiro atoms. The lowest BCUT2D eigenvalue weighted by molar-refractivity contribution is 0.0999. The summed E-state index contributed by atoms with van der Waals surface area (Å²) < 4.78 is 0. The first-order valence-corrected chi connectivity index (χ1v) is 10.8. The predicted molar refractivity (Wildman–Crippen MR) is 120 cm³/mol. The molecule has 1 heterocycles. The fraction of sp³-hybridized carbons (Fsp3) is 0.522. The van der Waals surface area contributed by atoms with Gasteiger partial charge in [0.1, 0.15) is 0 Å². The summed E-state index contributed by atoms with van der Waals surface area (Å²) in [4.78, 5) is 23.1. The molecule has 0 saturated carbocycles. The summed E-state index contributed by atoms with van der Waals surface area (Å²) in [7, 11) is 0. The van der Waals surface area contributed by atoms with Crippen molar-refractivity contribution in [1.82, 2.24) is 14.9 Å². The van der Waals surface area contributed by atoms with Gasteiger partial charge in [-0.15, -0.1) is 0 Å². The number of nitrogens with one attached hydrogen (secondary N) is 1. The van der Waals surface area contributed by atoms with Gasteiger partial charge in [0.05, 0.1) is 5.69 Å². The fourth-order valence-electron chi connectivity index (χ4n) is 3.32. The maximum atomic E-state index is 11.6. The van der Waals surface area contributed by atoms with Crippen LogP contribution in [0.4, 0.5) is 5.95 Å². The second-order valence-electron chi connectivity index (χ2n) is 7.33. The maximum absolute atomic E-state index is 11.6. The van der Waals surface area contributed by atoms with E-state index in [2.05, 4.69) is 34.0 Å². The number of nitrogens with zero attached hydrogens (tertiary/aromatic N) is 3. The normalized spacial score (nSPS) is 11.0. The first-order chi connectivity index (χ1) is 14.1. The van der Waals surface area contributed by atoms with E-state index in [-0.39, 0.29) is 0 Å². The highest BCUT2D eigenvalue weighted by atomic mass is 16.1. The Morgan fingerprint density at radius 3 is 2.41 bits per heavy atom. The van der Waals surface area contributed by atoms with Gasteiger partial charge in [0.15, 0.2) is 0 Å². The quantitative estimate of drug-likeness (QED) is 0.531. The summed E-state index contributed by atoms with van der Waals surface area (Å²) in [5.41, 5.74) is 8.77. The van der Waals surface area contributed by atoms with Crippen LogP contribution in [0.3, 0.4) is 0 Å². The zero-order chi connectivity index (χ0) is 21.1. The van der Waals surface area contributed by atoms with E-state index in [0.717, 1.165) is 49.4 Å². The first kappa shape index (κ1) is 22.8. The number of benzene rings is 1. The number of hydrogen-bond acceptors (Lipinski definition) is 5. The van der Waals surface area contributed by atoms with E-state index in [9.17, 15) is 4.79 Å². The number of rotatable bonds is 13. The number of carbonyl (C=O) groups excluding carboxylic acids is 1. The van der Waals surface area contributed by atoms with Crippen LogP contribution in [0.2, 0.25) is 0 Å². The Balaban J connectivity index is 2.03. The minimum absolute atomic E-state index is 0.394. The van der Waals surface area contributed by atoms with Gasteiger partial charge in [0, 0.05) is 30.4 Å². The van der Waals surface area contributed by atoms with Crippen LogP contribution in [-0.2, 0) is 6.42 Å². The van der Waals surface area contributed by atoms with E-state index < -0.39 is 5.91 Å². The lowest BCUT2D eigenvalue weighted by Gasteiger charge is -2.22. The van der Waals surface area contributed by atoms with E-state index in [1.165, 1.54) is 25.7 Å². The molecule has 158 valence electrons. The highest BCUT2D eigenvalue weighted by Crippen LogP contribution is 2.22. The monoisotopic (exact) mass is 397 g/mol. The number of unbranched alkanes of at least 4 members (excludes halogenated alkanes) is 2. The van der Waals surface area contributed by atoms with Crippen LogP contribution in [0.1, 0.15) is 62.4 Å². The number of nitrogens with two attached hydrogens (primary N) is 1. The van der Waals surface area contributed by atoms with E-state index in [1.54, 1.807) is 12.3 Å². The number of hydrogen-bond donors (Lipinski definition) is 2. The molecule has 2 aromatic rings. The molecular weight excluding hydrogens is 362 g/mol. The summed E-state index contributed by atoms with van der Waals surface area (Å²) in [5, 5.41) is 3.36. The molecule has 29 heavy (non-hydrogen) atoms. The topological polar surface area (TPSA) is 84.1 Å². The SMILES string of the molecule is CCCCN(CCCC)CCNc1nccc(-c2ccc(C(N)=O)c(CC)c2)n1. The van der Waals surface area contributed by atoms with E-state index >= 15 is 0 Å². The Morgan fingerprint density at radius 1 is 1.07 bits per heavy atom. The highest BCUT2D eigenvalue weighted by Gasteiger charge is 2.10. The number of carbonyl (C=O) groups is 1. The maximum Gasteiger partial charge on any atom is 0.248 e. The molecule has 0 aliphatic heterocycles. The van der Waals surface area contributed by atoms with Gasteiger partial charge in [-0.1, -0.05) is 39.7 Å². The smallest absolute Gasteiger partial charge is 0.248 e. The lowest BCUT2D eigenvalue weighted by Crippen LogP contribution is -2.31. The van der Waals surface area contributed by atoms with Crippen molar-refractivity contribution in [2.75, 3.05) is 31.5 Å². The van der Waals surface area contributed by atoms with Crippen LogP contribution in [-0.4, -0.2) is 47.0 Å². The summed E-state index contributed by atoms with van der Waals surface area (Å²) in [6.45, 7) is 10.6. The van der Waals surface area contributed by atoms with Crippen LogP contribution in [0.5, 0.6) is 0 Å². The second-order valence-corrected chi connectivity index (χ2v) is 7.33. The standard InChI is InChI=1S/C23H35N5O/c1-4-7-14-28(15-8-5-2)16-13-26-23-25-12-11-21(27-23)19-9-10-20(22(24)29)18(6-3)17-19/h9-12,17H,4-8,13-16H2,1-3H3,(H2,24,29)(H,25,26,27). The van der Waals surface area contributed by atoms with Crippen molar-refractivity contribution >= 4 is 11.9 Å².